The van der Waals surface area contributed by atoms with Crippen LogP contribution < -0.4 is 15.7 Å². The molecule has 0 spiro atoms. The summed E-state index contributed by atoms with van der Waals surface area (Å²) in [4.78, 5) is 12.2. The fourth-order valence-corrected chi connectivity index (χ4v) is 8.41. The number of unbranched alkanes of at least 4 members (excludes halogenated alkanes) is 1. The maximum Gasteiger partial charge on any atom is 0.261 e. The van der Waals surface area contributed by atoms with E-state index in [1.165, 1.54) is 10.4 Å². The average Bonchev–Trinajstić information content (AvgIpc) is 2.69. The Kier molecular flexibility index (Phi) is 8.25. The van der Waals surface area contributed by atoms with E-state index in [0.29, 0.717) is 25.9 Å². The van der Waals surface area contributed by atoms with Crippen molar-refractivity contribution < 1.29 is 9.22 Å². The summed E-state index contributed by atoms with van der Waals surface area (Å²) in [6, 6.07) is 21.0. The summed E-state index contributed by atoms with van der Waals surface area (Å²) in [5.41, 5.74) is 0. The molecule has 4 heteroatoms. The molecule has 2 aromatic carbocycles. The van der Waals surface area contributed by atoms with Crippen LogP contribution >= 0.6 is 0 Å². The van der Waals surface area contributed by atoms with Crippen LogP contribution in [0.15, 0.2) is 60.7 Å². The second kappa shape index (κ2) is 10.4. The normalized spacial score (nSPS) is 12.8. The van der Waals surface area contributed by atoms with Crippen LogP contribution in [0.3, 0.4) is 0 Å². The number of carbonyl (C=O) groups excluding carboxylic acids is 1. The van der Waals surface area contributed by atoms with Gasteiger partial charge in [-0.05, 0) is 28.8 Å². The minimum Gasteiger partial charge on any atom is -0.405 e. The van der Waals surface area contributed by atoms with Crippen LogP contribution in [0.5, 0.6) is 0 Å². The third-order valence-electron chi connectivity index (χ3n) is 5.10. The van der Waals surface area contributed by atoms with Crippen molar-refractivity contribution in [1.29, 1.82) is 0 Å². The minimum atomic E-state index is -2.57. The summed E-state index contributed by atoms with van der Waals surface area (Å²) in [5, 5.41) is 5.46. The predicted molar refractivity (Wildman–Crippen MR) is 124 cm³/mol. The summed E-state index contributed by atoms with van der Waals surface area (Å²) >= 11 is 0. The van der Waals surface area contributed by atoms with Crippen LogP contribution in [0.1, 0.15) is 47.0 Å². The lowest BCUT2D eigenvalue weighted by Gasteiger charge is -2.43. The van der Waals surface area contributed by atoms with Crippen LogP contribution in [0.25, 0.3) is 0 Å². The molecule has 2 aromatic rings. The molecule has 0 heterocycles. The van der Waals surface area contributed by atoms with Crippen molar-refractivity contribution in [2.75, 3.05) is 6.61 Å². The molecule has 0 aliphatic rings. The zero-order chi connectivity index (χ0) is 21.3. The maximum atomic E-state index is 12.2. The molecule has 0 aromatic heterocycles. The van der Waals surface area contributed by atoms with Gasteiger partial charge in [0.15, 0.2) is 0 Å². The van der Waals surface area contributed by atoms with E-state index in [1.54, 1.807) is 0 Å². The molecular formula is C25H33NO2Si. The molecule has 3 nitrogen and oxygen atoms in total. The molecule has 0 bridgehead atoms. The van der Waals surface area contributed by atoms with Gasteiger partial charge in [-0.1, -0.05) is 81.4 Å². The van der Waals surface area contributed by atoms with Gasteiger partial charge in [-0.15, -0.1) is 12.3 Å². The molecule has 0 aliphatic heterocycles. The van der Waals surface area contributed by atoms with Gasteiger partial charge >= 0.3 is 0 Å². The first-order valence-corrected chi connectivity index (χ1v) is 12.2. The molecule has 1 atom stereocenters. The van der Waals surface area contributed by atoms with Crippen molar-refractivity contribution in [2.45, 2.75) is 58.0 Å². The standard InChI is InChI=1S/C25H33NO2Si/c1-6-7-10-19-24(27)26-21(2)20-28-29(25(3,4)5,22-15-11-8-12-16-22)23-17-13-9-14-18-23/h1,8-9,11-18,21H,7,10,19-20H2,2-5H3,(H,26,27)/t21-/m1/s1. The van der Waals surface area contributed by atoms with Gasteiger partial charge in [-0.2, -0.15) is 0 Å². The molecule has 2 rings (SSSR count). The van der Waals surface area contributed by atoms with Gasteiger partial charge in [0.25, 0.3) is 8.32 Å². The van der Waals surface area contributed by atoms with Gasteiger partial charge in [-0.25, -0.2) is 0 Å². The molecule has 0 saturated heterocycles. The highest BCUT2D eigenvalue weighted by Crippen LogP contribution is 2.36. The monoisotopic (exact) mass is 407 g/mol. The third-order valence-corrected chi connectivity index (χ3v) is 10.1. The highest BCUT2D eigenvalue weighted by atomic mass is 28.4. The summed E-state index contributed by atoms with van der Waals surface area (Å²) in [6.45, 7) is 9.22. The number of carbonyl (C=O) groups is 1. The Morgan fingerprint density at radius 1 is 1.07 bits per heavy atom. The van der Waals surface area contributed by atoms with Crippen molar-refractivity contribution in [1.82, 2.24) is 5.32 Å². The van der Waals surface area contributed by atoms with E-state index in [2.05, 4.69) is 80.5 Å². The summed E-state index contributed by atoms with van der Waals surface area (Å²) < 4.78 is 6.85. The second-order valence-corrected chi connectivity index (χ2v) is 12.8. The molecule has 0 radical (unpaired) electrons. The lowest BCUT2D eigenvalue weighted by molar-refractivity contribution is -0.122. The van der Waals surface area contributed by atoms with E-state index in [-0.39, 0.29) is 17.0 Å². The van der Waals surface area contributed by atoms with E-state index >= 15 is 0 Å². The maximum absolute atomic E-state index is 12.2. The topological polar surface area (TPSA) is 38.3 Å². The number of hydrogen-bond acceptors (Lipinski definition) is 2. The van der Waals surface area contributed by atoms with Crippen LogP contribution in [0.2, 0.25) is 5.04 Å². The molecule has 0 unspecified atom stereocenters. The average molecular weight is 408 g/mol. The Balaban J connectivity index is 2.27. The number of rotatable bonds is 9. The summed E-state index contributed by atoms with van der Waals surface area (Å²) in [6.07, 6.45) is 7.06. The van der Waals surface area contributed by atoms with Gasteiger partial charge in [0, 0.05) is 18.9 Å². The Labute approximate surface area is 177 Å². The van der Waals surface area contributed by atoms with Gasteiger partial charge in [0.1, 0.15) is 0 Å². The Morgan fingerprint density at radius 2 is 1.59 bits per heavy atom. The van der Waals surface area contributed by atoms with Crippen LogP contribution in [0.4, 0.5) is 0 Å². The van der Waals surface area contributed by atoms with Crippen molar-refractivity contribution in [3.8, 4) is 12.3 Å². The van der Waals surface area contributed by atoms with Crippen LogP contribution in [-0.2, 0) is 9.22 Å². The number of terminal acetylenes is 1. The third kappa shape index (κ3) is 5.82. The quantitative estimate of drug-likeness (QED) is 0.389. The van der Waals surface area contributed by atoms with E-state index in [1.807, 2.05) is 19.1 Å². The molecule has 0 saturated carbocycles. The SMILES string of the molecule is C#CCCCC(=O)N[C@H](C)CO[Si](c1ccccc1)(c1ccccc1)C(C)(C)C. The lowest BCUT2D eigenvalue weighted by atomic mass is 10.2. The predicted octanol–water partition coefficient (Wildman–Crippen LogP) is 3.87. The molecule has 154 valence electrons. The Bertz CT molecular complexity index is 767. The molecular weight excluding hydrogens is 374 g/mol. The highest BCUT2D eigenvalue weighted by molar-refractivity contribution is 6.99. The summed E-state index contributed by atoms with van der Waals surface area (Å²) in [7, 11) is -2.57. The number of nitrogens with one attached hydrogen (secondary N) is 1. The zero-order valence-electron chi connectivity index (χ0n) is 18.1. The van der Waals surface area contributed by atoms with Crippen molar-refractivity contribution in [2.24, 2.45) is 0 Å². The first-order valence-electron chi connectivity index (χ1n) is 10.3. The van der Waals surface area contributed by atoms with Gasteiger partial charge < -0.3 is 9.74 Å². The van der Waals surface area contributed by atoms with Gasteiger partial charge in [0.05, 0.1) is 6.61 Å². The molecule has 1 amide bonds. The highest BCUT2D eigenvalue weighted by Gasteiger charge is 2.50. The van der Waals surface area contributed by atoms with Gasteiger partial charge in [-0.3, -0.25) is 4.79 Å². The first-order chi connectivity index (χ1) is 13.8. The first kappa shape index (κ1) is 22.9. The van der Waals surface area contributed by atoms with Crippen molar-refractivity contribution in [3.63, 3.8) is 0 Å². The summed E-state index contributed by atoms with van der Waals surface area (Å²) in [5.74, 6) is 2.60. The lowest BCUT2D eigenvalue weighted by Crippen LogP contribution is -2.67. The second-order valence-electron chi connectivity index (χ2n) is 8.50. The fraction of sp³-hybridized carbons (Fsp3) is 0.400. The largest absolute Gasteiger partial charge is 0.405 e. The Hall–Kier alpha value is -2.35. The van der Waals surface area contributed by atoms with Crippen molar-refractivity contribution in [3.05, 3.63) is 60.7 Å². The number of benzene rings is 2. The molecule has 0 fully saturated rings. The van der Waals surface area contributed by atoms with E-state index in [0.717, 1.165) is 0 Å². The molecule has 0 aliphatic carbocycles. The van der Waals surface area contributed by atoms with Crippen LogP contribution in [-0.4, -0.2) is 26.9 Å². The number of hydrogen-bond donors (Lipinski definition) is 1. The smallest absolute Gasteiger partial charge is 0.261 e. The van der Waals surface area contributed by atoms with Gasteiger partial charge in [0.2, 0.25) is 5.91 Å². The van der Waals surface area contributed by atoms with E-state index in [4.69, 9.17) is 10.8 Å². The van der Waals surface area contributed by atoms with Crippen molar-refractivity contribution >= 4 is 24.6 Å². The molecule has 29 heavy (non-hydrogen) atoms. The Morgan fingerprint density at radius 3 is 2.03 bits per heavy atom. The van der Waals surface area contributed by atoms with E-state index < -0.39 is 8.32 Å². The fourth-order valence-electron chi connectivity index (χ4n) is 3.75. The molecule has 1 N–H and O–H groups in total. The minimum absolute atomic E-state index is 0.0267. The zero-order valence-corrected chi connectivity index (χ0v) is 19.1. The van der Waals surface area contributed by atoms with E-state index in [9.17, 15) is 4.79 Å². The van der Waals surface area contributed by atoms with Crippen LogP contribution in [0, 0.1) is 12.3 Å². The number of amides is 1.